The average molecular weight is 240 g/mol. The molecule has 0 aliphatic heterocycles. The summed E-state index contributed by atoms with van der Waals surface area (Å²) < 4.78 is 0. The number of nitrogens with one attached hydrogen (secondary N) is 1. The monoisotopic (exact) mass is 240 g/mol. The van der Waals surface area contributed by atoms with Crippen molar-refractivity contribution in [3.63, 3.8) is 0 Å². The Morgan fingerprint density at radius 3 is 2.00 bits per heavy atom. The van der Waals surface area contributed by atoms with Gasteiger partial charge in [-0.2, -0.15) is 0 Å². The van der Waals surface area contributed by atoms with Gasteiger partial charge in [0.2, 0.25) is 0 Å². The lowest BCUT2D eigenvalue weighted by Gasteiger charge is -2.07. The van der Waals surface area contributed by atoms with Gasteiger partial charge in [0.15, 0.2) is 0 Å². The normalized spacial score (nSPS) is 9.78. The molecule has 0 saturated heterocycles. The summed E-state index contributed by atoms with van der Waals surface area (Å²) in [4.78, 5) is 22.4. The Kier molecular flexibility index (Phi) is 3.38. The van der Waals surface area contributed by atoms with Crippen LogP contribution in [0.15, 0.2) is 54.6 Å². The molecule has 0 aliphatic carbocycles. The Morgan fingerprint density at radius 2 is 1.44 bits per heavy atom. The summed E-state index contributed by atoms with van der Waals surface area (Å²) in [5.74, 6) is -1.48. The van der Waals surface area contributed by atoms with Gasteiger partial charge < -0.3 is 15.2 Å². The van der Waals surface area contributed by atoms with Gasteiger partial charge in [0.25, 0.3) is 5.91 Å². The van der Waals surface area contributed by atoms with Gasteiger partial charge in [-0.15, -0.1) is 0 Å². The summed E-state index contributed by atoms with van der Waals surface area (Å²) >= 11 is 0. The molecular formula is C14H10NO3-. The zero-order valence-corrected chi connectivity index (χ0v) is 9.42. The van der Waals surface area contributed by atoms with E-state index in [2.05, 4.69) is 5.32 Å². The first kappa shape index (κ1) is 11.9. The van der Waals surface area contributed by atoms with Crippen LogP contribution in [0.2, 0.25) is 0 Å². The van der Waals surface area contributed by atoms with Gasteiger partial charge in [-0.05, 0) is 29.8 Å². The van der Waals surface area contributed by atoms with Gasteiger partial charge in [-0.25, -0.2) is 0 Å². The van der Waals surface area contributed by atoms with Gasteiger partial charge in [0.05, 0.1) is 5.97 Å². The molecule has 18 heavy (non-hydrogen) atoms. The fraction of sp³-hybridized carbons (Fsp3) is 0. The minimum absolute atomic E-state index is 0.0766. The number of carboxylic acid groups (broad SMARTS) is 1. The van der Waals surface area contributed by atoms with Gasteiger partial charge >= 0.3 is 0 Å². The Morgan fingerprint density at radius 1 is 0.833 bits per heavy atom. The van der Waals surface area contributed by atoms with Crippen molar-refractivity contribution in [2.75, 3.05) is 5.32 Å². The van der Waals surface area contributed by atoms with E-state index >= 15 is 0 Å². The van der Waals surface area contributed by atoms with Crippen molar-refractivity contribution in [1.82, 2.24) is 0 Å². The number of rotatable bonds is 3. The molecule has 0 bridgehead atoms. The van der Waals surface area contributed by atoms with Gasteiger partial charge in [0, 0.05) is 11.3 Å². The van der Waals surface area contributed by atoms with Gasteiger partial charge in [-0.3, -0.25) is 4.79 Å². The zero-order chi connectivity index (χ0) is 13.0. The summed E-state index contributed by atoms with van der Waals surface area (Å²) in [7, 11) is 0. The number of amides is 1. The molecule has 1 N–H and O–H groups in total. The molecule has 4 heteroatoms. The molecule has 2 aromatic carbocycles. The van der Waals surface area contributed by atoms with Crippen molar-refractivity contribution < 1.29 is 14.7 Å². The van der Waals surface area contributed by atoms with Crippen LogP contribution in [0.1, 0.15) is 20.7 Å². The molecule has 2 aromatic rings. The van der Waals surface area contributed by atoms with Crippen LogP contribution in [-0.4, -0.2) is 11.9 Å². The summed E-state index contributed by atoms with van der Waals surface area (Å²) in [6, 6.07) is 14.6. The first-order valence-electron chi connectivity index (χ1n) is 5.34. The Balaban J connectivity index is 2.10. The third-order valence-corrected chi connectivity index (χ3v) is 2.41. The van der Waals surface area contributed by atoms with Crippen LogP contribution in [0, 0.1) is 0 Å². The molecule has 0 saturated carbocycles. The molecule has 1 amide bonds. The van der Waals surface area contributed by atoms with Gasteiger partial charge in [0.1, 0.15) is 0 Å². The molecule has 0 spiro atoms. The molecule has 0 aromatic heterocycles. The van der Waals surface area contributed by atoms with Crippen LogP contribution in [0.5, 0.6) is 0 Å². The van der Waals surface area contributed by atoms with E-state index in [4.69, 9.17) is 0 Å². The van der Waals surface area contributed by atoms with Crippen molar-refractivity contribution >= 4 is 17.6 Å². The second-order valence-corrected chi connectivity index (χ2v) is 3.68. The summed E-state index contributed by atoms with van der Waals surface area (Å²) in [5.41, 5.74) is 1.16. The first-order valence-corrected chi connectivity index (χ1v) is 5.34. The highest BCUT2D eigenvalue weighted by molar-refractivity contribution is 6.04. The maximum absolute atomic E-state index is 11.8. The average Bonchev–Trinajstić information content (AvgIpc) is 2.40. The number of anilines is 1. The second kappa shape index (κ2) is 5.14. The maximum Gasteiger partial charge on any atom is 0.255 e. The van der Waals surface area contributed by atoms with Crippen molar-refractivity contribution in [2.24, 2.45) is 0 Å². The highest BCUT2D eigenvalue weighted by atomic mass is 16.4. The van der Waals surface area contributed by atoms with Crippen LogP contribution in [-0.2, 0) is 0 Å². The van der Waals surface area contributed by atoms with Crippen LogP contribution in [0.4, 0.5) is 5.69 Å². The third kappa shape index (κ3) is 2.74. The highest BCUT2D eigenvalue weighted by Gasteiger charge is 2.04. The van der Waals surface area contributed by atoms with Crippen LogP contribution in [0.3, 0.4) is 0 Å². The molecule has 0 atom stereocenters. The smallest absolute Gasteiger partial charge is 0.255 e. The Bertz CT molecular complexity index is 561. The quantitative estimate of drug-likeness (QED) is 0.879. The van der Waals surface area contributed by atoms with Crippen molar-refractivity contribution in [2.45, 2.75) is 0 Å². The standard InChI is InChI=1S/C14H11NO3/c16-13(10-4-2-1-3-5-10)15-12-8-6-11(7-9-12)14(17)18/h1-9H,(H,15,16)(H,17,18)/p-1. The van der Waals surface area contributed by atoms with E-state index in [-0.39, 0.29) is 11.5 Å². The minimum atomic E-state index is -1.24. The first-order chi connectivity index (χ1) is 8.66. The van der Waals surface area contributed by atoms with E-state index in [1.54, 1.807) is 24.3 Å². The van der Waals surface area contributed by atoms with Crippen molar-refractivity contribution in [3.8, 4) is 0 Å². The summed E-state index contributed by atoms with van der Waals surface area (Å²) in [5, 5.41) is 13.2. The van der Waals surface area contributed by atoms with E-state index in [0.717, 1.165) is 0 Å². The van der Waals surface area contributed by atoms with E-state index in [1.165, 1.54) is 24.3 Å². The number of carboxylic acids is 1. The number of benzene rings is 2. The van der Waals surface area contributed by atoms with E-state index in [0.29, 0.717) is 11.3 Å². The fourth-order valence-electron chi connectivity index (χ4n) is 1.48. The van der Waals surface area contributed by atoms with Crippen molar-refractivity contribution in [3.05, 3.63) is 65.7 Å². The molecule has 0 radical (unpaired) electrons. The lowest BCUT2D eigenvalue weighted by atomic mass is 10.2. The molecule has 0 heterocycles. The molecule has 0 unspecified atom stereocenters. The molecular weight excluding hydrogens is 230 g/mol. The zero-order valence-electron chi connectivity index (χ0n) is 9.42. The molecule has 0 aliphatic rings. The van der Waals surface area contributed by atoms with Crippen LogP contribution >= 0.6 is 0 Å². The number of carbonyl (C=O) groups excluding carboxylic acids is 2. The number of aromatic carboxylic acids is 1. The van der Waals surface area contributed by atoms with Crippen LogP contribution in [0.25, 0.3) is 0 Å². The largest absolute Gasteiger partial charge is 0.545 e. The number of hydrogen-bond donors (Lipinski definition) is 1. The van der Waals surface area contributed by atoms with Gasteiger partial charge in [-0.1, -0.05) is 30.3 Å². The third-order valence-electron chi connectivity index (χ3n) is 2.41. The topological polar surface area (TPSA) is 69.2 Å². The predicted molar refractivity (Wildman–Crippen MR) is 65.2 cm³/mol. The molecule has 4 nitrogen and oxygen atoms in total. The maximum atomic E-state index is 11.8. The predicted octanol–water partition coefficient (Wildman–Crippen LogP) is 1.30. The Labute approximate surface area is 104 Å². The van der Waals surface area contributed by atoms with E-state index in [1.807, 2.05) is 6.07 Å². The summed E-state index contributed by atoms with van der Waals surface area (Å²) in [6.07, 6.45) is 0. The SMILES string of the molecule is O=C([O-])c1ccc(NC(=O)c2ccccc2)cc1. The second-order valence-electron chi connectivity index (χ2n) is 3.68. The molecule has 90 valence electrons. The number of carbonyl (C=O) groups is 2. The highest BCUT2D eigenvalue weighted by Crippen LogP contribution is 2.11. The molecule has 0 fully saturated rings. The summed E-state index contributed by atoms with van der Waals surface area (Å²) in [6.45, 7) is 0. The number of hydrogen-bond acceptors (Lipinski definition) is 3. The fourth-order valence-corrected chi connectivity index (χ4v) is 1.48. The Hall–Kier alpha value is -2.62. The van der Waals surface area contributed by atoms with E-state index in [9.17, 15) is 14.7 Å². The van der Waals surface area contributed by atoms with E-state index < -0.39 is 5.97 Å². The van der Waals surface area contributed by atoms with Crippen molar-refractivity contribution in [1.29, 1.82) is 0 Å². The lowest BCUT2D eigenvalue weighted by molar-refractivity contribution is -0.255. The lowest BCUT2D eigenvalue weighted by Crippen LogP contribution is -2.22. The molecule has 2 rings (SSSR count). The van der Waals surface area contributed by atoms with Crippen LogP contribution < -0.4 is 10.4 Å². The minimum Gasteiger partial charge on any atom is -0.545 e.